The van der Waals surface area contributed by atoms with E-state index in [0.717, 1.165) is 5.56 Å². The summed E-state index contributed by atoms with van der Waals surface area (Å²) in [5, 5.41) is 14.2. The molecule has 1 spiro atoms. The Hall–Kier alpha value is -3.63. The van der Waals surface area contributed by atoms with Crippen LogP contribution >= 0.6 is 0 Å². The number of carboxylic acid groups (broad SMARTS) is 2. The van der Waals surface area contributed by atoms with Gasteiger partial charge in [0.2, 0.25) is 0 Å². The van der Waals surface area contributed by atoms with Gasteiger partial charge in [0.25, 0.3) is 5.92 Å². The van der Waals surface area contributed by atoms with Crippen molar-refractivity contribution in [1.29, 1.82) is 0 Å². The van der Waals surface area contributed by atoms with Gasteiger partial charge in [-0.15, -0.1) is 0 Å². The molecule has 0 aliphatic carbocycles. The van der Waals surface area contributed by atoms with Crippen molar-refractivity contribution in [1.82, 2.24) is 19.9 Å². The number of rotatable bonds is 3. The van der Waals surface area contributed by atoms with Gasteiger partial charge in [0.05, 0.1) is 11.6 Å². The monoisotopic (exact) mass is 573 g/mol. The first-order valence-electron chi connectivity index (χ1n) is 11.1. The number of likely N-dealkylation sites (tertiary alicyclic amines) is 1. The van der Waals surface area contributed by atoms with E-state index in [0.29, 0.717) is 45.0 Å². The molecule has 0 radical (unpaired) electrons. The predicted molar refractivity (Wildman–Crippen MR) is 118 cm³/mol. The Labute approximate surface area is 216 Å². The van der Waals surface area contributed by atoms with Crippen LogP contribution in [0.15, 0.2) is 43.1 Å². The average Bonchev–Trinajstić information content (AvgIpc) is 3.28. The van der Waals surface area contributed by atoms with Crippen LogP contribution in [0, 0.1) is 5.41 Å². The van der Waals surface area contributed by atoms with Gasteiger partial charge < -0.3 is 15.1 Å². The minimum atomic E-state index is -5.08. The number of carboxylic acids is 2. The number of halogens is 8. The molecule has 2 aliphatic rings. The normalized spacial score (nSPS) is 20.9. The third-order valence-electron chi connectivity index (χ3n) is 5.89. The minimum Gasteiger partial charge on any atom is -0.475 e. The second kappa shape index (κ2) is 12.5. The fourth-order valence-corrected chi connectivity index (χ4v) is 4.02. The highest BCUT2D eigenvalue weighted by Gasteiger charge is 2.59. The van der Waals surface area contributed by atoms with Gasteiger partial charge in [-0.05, 0) is 18.1 Å². The third kappa shape index (κ3) is 8.97. The number of aliphatic carboxylic acids is 2. The lowest BCUT2D eigenvalue weighted by atomic mass is 9.75. The zero-order chi connectivity index (χ0) is 29.5. The molecule has 17 heteroatoms. The highest BCUT2D eigenvalue weighted by molar-refractivity contribution is 5.73. The number of aromatic nitrogens is 3. The van der Waals surface area contributed by atoms with Crippen LogP contribution in [0.2, 0.25) is 0 Å². The molecule has 9 nitrogen and oxygen atoms in total. The Balaban J connectivity index is 0.000000317. The van der Waals surface area contributed by atoms with E-state index in [4.69, 9.17) is 19.8 Å². The number of anilines is 1. The molecule has 2 fully saturated rings. The van der Waals surface area contributed by atoms with Crippen LogP contribution in [0.3, 0.4) is 0 Å². The van der Waals surface area contributed by atoms with Gasteiger partial charge in [-0.25, -0.2) is 23.4 Å². The molecule has 39 heavy (non-hydrogen) atoms. The SMILES string of the molecule is FC1(F)CCN(Cc2cccnc2)CC12CCN(c1cnccn1)C2.O=C(O)C(F)(F)F.O=C(O)C(F)(F)F. The van der Waals surface area contributed by atoms with Crippen LogP contribution in [0.25, 0.3) is 0 Å². The van der Waals surface area contributed by atoms with Crippen LogP contribution in [0.5, 0.6) is 0 Å². The standard InChI is InChI=1S/C18H21F2N5.2C2HF3O2/c19-18(20)4-8-24(12-15-2-1-5-21-10-15)13-17(18)3-9-25(14-17)16-11-22-6-7-23-16;2*3-2(4,5)1(6)7/h1-2,5-7,10-11H,3-4,8-9,12-14H2;2*(H,6,7). The van der Waals surface area contributed by atoms with Crippen molar-refractivity contribution in [2.24, 2.45) is 5.41 Å². The average molecular weight is 573 g/mol. The molecule has 2 N–H and O–H groups in total. The lowest BCUT2D eigenvalue weighted by Crippen LogP contribution is -2.56. The van der Waals surface area contributed by atoms with Crippen molar-refractivity contribution in [3.05, 3.63) is 48.7 Å². The van der Waals surface area contributed by atoms with E-state index in [2.05, 4.69) is 19.9 Å². The maximum Gasteiger partial charge on any atom is 0.490 e. The van der Waals surface area contributed by atoms with Gasteiger partial charge in [0.1, 0.15) is 5.82 Å². The van der Waals surface area contributed by atoms with Gasteiger partial charge in [-0.1, -0.05) is 6.07 Å². The molecule has 2 aliphatic heterocycles. The molecule has 1 atom stereocenters. The van der Waals surface area contributed by atoms with Gasteiger partial charge in [0, 0.05) is 63.9 Å². The zero-order valence-electron chi connectivity index (χ0n) is 20.0. The summed E-state index contributed by atoms with van der Waals surface area (Å²) < 4.78 is 93.2. The Kier molecular flexibility index (Phi) is 10.1. The summed E-state index contributed by atoms with van der Waals surface area (Å²) in [5.74, 6) is -7.49. The maximum atomic E-state index is 14.9. The smallest absolute Gasteiger partial charge is 0.475 e. The fourth-order valence-electron chi connectivity index (χ4n) is 4.02. The van der Waals surface area contributed by atoms with Crippen molar-refractivity contribution in [2.45, 2.75) is 37.7 Å². The molecule has 0 saturated carbocycles. The lowest BCUT2D eigenvalue weighted by molar-refractivity contribution is -0.193. The number of hydrogen-bond donors (Lipinski definition) is 2. The first-order valence-corrected chi connectivity index (χ1v) is 11.1. The molecule has 2 aromatic heterocycles. The quantitative estimate of drug-likeness (QED) is 0.528. The van der Waals surface area contributed by atoms with E-state index >= 15 is 0 Å². The molecule has 216 valence electrons. The third-order valence-corrected chi connectivity index (χ3v) is 5.89. The highest BCUT2D eigenvalue weighted by Crippen LogP contribution is 2.50. The van der Waals surface area contributed by atoms with E-state index in [1.54, 1.807) is 31.0 Å². The molecule has 2 aromatic rings. The lowest BCUT2D eigenvalue weighted by Gasteiger charge is -2.46. The predicted octanol–water partition coefficient (Wildman–Crippen LogP) is 3.88. The van der Waals surface area contributed by atoms with Crippen LogP contribution in [-0.4, -0.2) is 86.5 Å². The summed E-state index contributed by atoms with van der Waals surface area (Å²) in [7, 11) is 0. The van der Waals surface area contributed by atoms with Crippen molar-refractivity contribution in [3.63, 3.8) is 0 Å². The van der Waals surface area contributed by atoms with E-state index in [9.17, 15) is 35.1 Å². The van der Waals surface area contributed by atoms with Crippen LogP contribution in [0.1, 0.15) is 18.4 Å². The number of hydrogen-bond acceptors (Lipinski definition) is 7. The van der Waals surface area contributed by atoms with Crippen molar-refractivity contribution in [2.75, 3.05) is 31.1 Å². The molecular formula is C22H23F8N5O4. The minimum absolute atomic E-state index is 0.0957. The Morgan fingerprint density at radius 1 is 0.872 bits per heavy atom. The summed E-state index contributed by atoms with van der Waals surface area (Å²) in [6.07, 6.45) is -1.41. The molecule has 0 bridgehead atoms. The topological polar surface area (TPSA) is 120 Å². The number of piperidine rings is 1. The van der Waals surface area contributed by atoms with E-state index in [1.165, 1.54) is 0 Å². The van der Waals surface area contributed by atoms with E-state index in [1.807, 2.05) is 17.0 Å². The molecule has 0 aromatic carbocycles. The second-order valence-electron chi connectivity index (χ2n) is 8.65. The number of nitrogens with zero attached hydrogens (tertiary/aromatic N) is 5. The largest absolute Gasteiger partial charge is 0.490 e. The summed E-state index contributed by atoms with van der Waals surface area (Å²) in [6.45, 7) is 2.38. The molecular weight excluding hydrogens is 550 g/mol. The fraction of sp³-hybridized carbons (Fsp3) is 0.500. The van der Waals surface area contributed by atoms with Crippen LogP contribution < -0.4 is 4.90 Å². The van der Waals surface area contributed by atoms with E-state index in [-0.39, 0.29) is 6.42 Å². The highest BCUT2D eigenvalue weighted by atomic mass is 19.4. The molecule has 4 rings (SSSR count). The first-order chi connectivity index (χ1) is 18.0. The van der Waals surface area contributed by atoms with Gasteiger partial charge in [0.15, 0.2) is 0 Å². The van der Waals surface area contributed by atoms with E-state index < -0.39 is 35.6 Å². The van der Waals surface area contributed by atoms with Crippen molar-refractivity contribution < 1.29 is 54.9 Å². The summed E-state index contributed by atoms with van der Waals surface area (Å²) in [5.41, 5.74) is 0.0389. The number of carbonyl (C=O) groups is 2. The van der Waals surface area contributed by atoms with Gasteiger partial charge >= 0.3 is 24.3 Å². The molecule has 2 saturated heterocycles. The van der Waals surface area contributed by atoms with Crippen molar-refractivity contribution in [3.8, 4) is 0 Å². The summed E-state index contributed by atoms with van der Waals surface area (Å²) in [4.78, 5) is 34.3. The van der Waals surface area contributed by atoms with Crippen molar-refractivity contribution >= 4 is 17.8 Å². The Morgan fingerprint density at radius 3 is 1.95 bits per heavy atom. The Bertz CT molecular complexity index is 1070. The van der Waals surface area contributed by atoms with Crippen LogP contribution in [-0.2, 0) is 16.1 Å². The molecule has 0 amide bonds. The van der Waals surface area contributed by atoms with Gasteiger partial charge in [-0.3, -0.25) is 14.9 Å². The summed E-state index contributed by atoms with van der Waals surface area (Å²) in [6, 6.07) is 3.88. The molecule has 4 heterocycles. The Morgan fingerprint density at radius 2 is 1.46 bits per heavy atom. The van der Waals surface area contributed by atoms with Gasteiger partial charge in [-0.2, -0.15) is 26.3 Å². The summed E-state index contributed by atoms with van der Waals surface area (Å²) >= 11 is 0. The number of alkyl halides is 8. The number of pyridine rings is 1. The zero-order valence-corrected chi connectivity index (χ0v) is 20.0. The molecule has 1 unspecified atom stereocenters. The van der Waals surface area contributed by atoms with Crippen LogP contribution in [0.4, 0.5) is 40.9 Å². The maximum absolute atomic E-state index is 14.9. The first kappa shape index (κ1) is 31.6. The second-order valence-corrected chi connectivity index (χ2v) is 8.65.